The lowest BCUT2D eigenvalue weighted by molar-refractivity contribution is -0.146. The minimum atomic E-state index is -0.788. The van der Waals surface area contributed by atoms with Gasteiger partial charge < -0.3 is 13.9 Å². The number of ether oxygens (including phenoxy) is 2. The number of anilines is 1. The van der Waals surface area contributed by atoms with Crippen molar-refractivity contribution in [3.8, 4) is 0 Å². The highest BCUT2D eigenvalue weighted by Gasteiger charge is 2.28. The van der Waals surface area contributed by atoms with Gasteiger partial charge in [-0.3, -0.25) is 19.7 Å². The Bertz CT molecular complexity index is 851. The van der Waals surface area contributed by atoms with E-state index in [9.17, 15) is 19.2 Å². The molecular formula is C18H19NO7S. The van der Waals surface area contributed by atoms with Gasteiger partial charge in [0.05, 0.1) is 18.6 Å². The highest BCUT2D eigenvalue weighted by Crippen LogP contribution is 2.28. The Balaban J connectivity index is 2.06. The van der Waals surface area contributed by atoms with E-state index in [1.165, 1.54) is 25.2 Å². The highest BCUT2D eigenvalue weighted by atomic mass is 32.1. The SMILES string of the molecule is CCOC(=O)c1c(NC(=O)COC(=O)Cc2ccsc2)oc(C)c1C(C)=O. The van der Waals surface area contributed by atoms with Crippen molar-refractivity contribution >= 4 is 40.9 Å². The van der Waals surface area contributed by atoms with Crippen LogP contribution in [0.25, 0.3) is 0 Å². The molecule has 1 N–H and O–H groups in total. The largest absolute Gasteiger partial charge is 0.462 e. The maximum atomic E-state index is 12.2. The molecule has 8 nitrogen and oxygen atoms in total. The van der Waals surface area contributed by atoms with E-state index >= 15 is 0 Å². The molecule has 0 radical (unpaired) electrons. The van der Waals surface area contributed by atoms with Gasteiger partial charge in [-0.15, -0.1) is 0 Å². The molecule has 0 saturated heterocycles. The van der Waals surface area contributed by atoms with E-state index in [-0.39, 0.29) is 35.8 Å². The number of thiophene rings is 1. The first kappa shape index (κ1) is 20.4. The Kier molecular flexibility index (Phi) is 6.89. The van der Waals surface area contributed by atoms with Crippen molar-refractivity contribution in [2.24, 2.45) is 0 Å². The zero-order valence-electron chi connectivity index (χ0n) is 15.1. The lowest BCUT2D eigenvalue weighted by Crippen LogP contribution is -2.22. The fraction of sp³-hybridized carbons (Fsp3) is 0.333. The Morgan fingerprint density at radius 3 is 2.52 bits per heavy atom. The Labute approximate surface area is 159 Å². The quantitative estimate of drug-likeness (QED) is 0.542. The van der Waals surface area contributed by atoms with Gasteiger partial charge >= 0.3 is 11.9 Å². The minimum Gasteiger partial charge on any atom is -0.462 e. The van der Waals surface area contributed by atoms with Crippen molar-refractivity contribution < 1.29 is 33.1 Å². The number of rotatable bonds is 8. The molecule has 0 aliphatic rings. The van der Waals surface area contributed by atoms with Crippen molar-refractivity contribution in [1.29, 1.82) is 0 Å². The van der Waals surface area contributed by atoms with E-state index in [2.05, 4.69) is 5.32 Å². The summed E-state index contributed by atoms with van der Waals surface area (Å²) in [6.45, 7) is 3.92. The second-order valence-corrected chi connectivity index (χ2v) is 6.31. The second kappa shape index (κ2) is 9.13. The normalized spacial score (nSPS) is 10.3. The van der Waals surface area contributed by atoms with Gasteiger partial charge in [0.25, 0.3) is 5.91 Å². The van der Waals surface area contributed by atoms with E-state index in [4.69, 9.17) is 13.9 Å². The number of ketones is 1. The van der Waals surface area contributed by atoms with Crippen LogP contribution in [-0.4, -0.2) is 36.8 Å². The van der Waals surface area contributed by atoms with Gasteiger partial charge in [-0.05, 0) is 43.2 Å². The molecule has 9 heteroatoms. The molecule has 2 heterocycles. The van der Waals surface area contributed by atoms with Crippen LogP contribution >= 0.6 is 11.3 Å². The third-order valence-electron chi connectivity index (χ3n) is 3.46. The minimum absolute atomic E-state index is 0.0400. The van der Waals surface area contributed by atoms with Gasteiger partial charge in [-0.2, -0.15) is 11.3 Å². The molecule has 27 heavy (non-hydrogen) atoms. The van der Waals surface area contributed by atoms with Crippen LogP contribution in [0.15, 0.2) is 21.2 Å². The van der Waals surface area contributed by atoms with Crippen molar-refractivity contribution in [3.63, 3.8) is 0 Å². The number of hydrogen-bond donors (Lipinski definition) is 1. The van der Waals surface area contributed by atoms with Crippen LogP contribution in [0.5, 0.6) is 0 Å². The van der Waals surface area contributed by atoms with Crippen molar-refractivity contribution in [2.45, 2.75) is 27.2 Å². The van der Waals surface area contributed by atoms with Gasteiger partial charge in [0.15, 0.2) is 12.4 Å². The van der Waals surface area contributed by atoms with E-state index in [0.717, 1.165) is 5.56 Å². The molecule has 1 amide bonds. The number of carbonyl (C=O) groups excluding carboxylic acids is 4. The number of hydrogen-bond acceptors (Lipinski definition) is 8. The lowest BCUT2D eigenvalue weighted by Gasteiger charge is -2.07. The van der Waals surface area contributed by atoms with E-state index in [1.807, 2.05) is 10.8 Å². The summed E-state index contributed by atoms with van der Waals surface area (Å²) < 4.78 is 15.2. The van der Waals surface area contributed by atoms with Crippen LogP contribution in [0.4, 0.5) is 5.88 Å². The molecule has 0 atom stereocenters. The van der Waals surface area contributed by atoms with Crippen LogP contribution in [0, 0.1) is 6.92 Å². The Morgan fingerprint density at radius 2 is 1.93 bits per heavy atom. The molecule has 2 aromatic heterocycles. The zero-order chi connectivity index (χ0) is 20.0. The number of nitrogens with one attached hydrogen (secondary N) is 1. The first-order valence-corrected chi connectivity index (χ1v) is 9.05. The number of esters is 2. The first-order chi connectivity index (χ1) is 12.8. The highest BCUT2D eigenvalue weighted by molar-refractivity contribution is 7.08. The van der Waals surface area contributed by atoms with Crippen molar-refractivity contribution in [3.05, 3.63) is 39.3 Å². The summed E-state index contributed by atoms with van der Waals surface area (Å²) in [6.07, 6.45) is 0.0548. The number of furan rings is 1. The molecule has 144 valence electrons. The molecule has 0 spiro atoms. The summed E-state index contributed by atoms with van der Waals surface area (Å²) >= 11 is 1.45. The van der Waals surface area contributed by atoms with Gasteiger partial charge in [-0.1, -0.05) is 0 Å². The van der Waals surface area contributed by atoms with Crippen LogP contribution in [-0.2, 0) is 25.5 Å². The summed E-state index contributed by atoms with van der Waals surface area (Å²) in [4.78, 5) is 47.8. The van der Waals surface area contributed by atoms with E-state index < -0.39 is 30.2 Å². The maximum Gasteiger partial charge on any atom is 0.344 e. The van der Waals surface area contributed by atoms with Crippen molar-refractivity contribution in [2.75, 3.05) is 18.5 Å². The van der Waals surface area contributed by atoms with E-state index in [0.29, 0.717) is 0 Å². The summed E-state index contributed by atoms with van der Waals surface area (Å²) in [6, 6.07) is 1.78. The molecule has 0 saturated carbocycles. The Morgan fingerprint density at radius 1 is 1.19 bits per heavy atom. The summed E-state index contributed by atoms with van der Waals surface area (Å²) in [5, 5.41) is 5.99. The predicted molar refractivity (Wildman–Crippen MR) is 97.0 cm³/mol. The summed E-state index contributed by atoms with van der Waals surface area (Å²) in [5.41, 5.74) is 0.681. The molecule has 0 aliphatic heterocycles. The van der Waals surface area contributed by atoms with E-state index in [1.54, 1.807) is 13.0 Å². The lowest BCUT2D eigenvalue weighted by atomic mass is 10.1. The fourth-order valence-corrected chi connectivity index (χ4v) is 3.04. The second-order valence-electron chi connectivity index (χ2n) is 5.53. The number of Topliss-reactive ketones (excluding diaryl/α,β-unsaturated/α-hetero) is 1. The molecule has 0 fully saturated rings. The molecular weight excluding hydrogens is 374 g/mol. The molecule has 2 aromatic rings. The van der Waals surface area contributed by atoms with Gasteiger partial charge in [0.2, 0.25) is 5.88 Å². The average molecular weight is 393 g/mol. The first-order valence-electron chi connectivity index (χ1n) is 8.11. The fourth-order valence-electron chi connectivity index (χ4n) is 2.37. The van der Waals surface area contributed by atoms with Crippen LogP contribution in [0.1, 0.15) is 45.9 Å². The van der Waals surface area contributed by atoms with Crippen LogP contribution < -0.4 is 5.32 Å². The molecule has 2 rings (SSSR count). The van der Waals surface area contributed by atoms with Gasteiger partial charge in [0.1, 0.15) is 11.3 Å². The average Bonchev–Trinajstić information content (AvgIpc) is 3.20. The molecule has 0 bridgehead atoms. The molecule has 0 aromatic carbocycles. The third kappa shape index (κ3) is 5.27. The third-order valence-corrected chi connectivity index (χ3v) is 4.19. The summed E-state index contributed by atoms with van der Waals surface area (Å²) in [7, 11) is 0. The van der Waals surface area contributed by atoms with Crippen LogP contribution in [0.2, 0.25) is 0 Å². The smallest absolute Gasteiger partial charge is 0.344 e. The number of carbonyl (C=O) groups is 4. The molecule has 0 aliphatic carbocycles. The Hall–Kier alpha value is -2.94. The van der Waals surface area contributed by atoms with Gasteiger partial charge in [-0.25, -0.2) is 4.79 Å². The zero-order valence-corrected chi connectivity index (χ0v) is 15.9. The number of amides is 1. The topological polar surface area (TPSA) is 112 Å². The van der Waals surface area contributed by atoms with Gasteiger partial charge in [0, 0.05) is 0 Å². The summed E-state index contributed by atoms with van der Waals surface area (Å²) in [5.74, 6) is -2.49. The predicted octanol–water partition coefficient (Wildman–Crippen LogP) is 2.75. The standard InChI is InChI=1S/C18H19NO7S/c1-4-24-18(23)16-15(10(2)20)11(3)26-17(16)19-13(21)8-25-14(22)7-12-5-6-27-9-12/h5-6,9H,4,7-8H2,1-3H3,(H,19,21). The maximum absolute atomic E-state index is 12.2. The number of aryl methyl sites for hydroxylation is 1. The monoisotopic (exact) mass is 393 g/mol. The van der Waals surface area contributed by atoms with Crippen molar-refractivity contribution in [1.82, 2.24) is 0 Å². The molecule has 0 unspecified atom stereocenters. The van der Waals surface area contributed by atoms with Crippen LogP contribution in [0.3, 0.4) is 0 Å².